The fourth-order valence-electron chi connectivity index (χ4n) is 0.690. The van der Waals surface area contributed by atoms with Crippen LogP contribution in [0.2, 0.25) is 0 Å². The number of allylic oxidation sites excluding steroid dienone is 2. The quantitative estimate of drug-likeness (QED) is 0.363. The van der Waals surface area contributed by atoms with Gasteiger partial charge in [-0.3, -0.25) is 0 Å². The highest BCUT2D eigenvalue weighted by Crippen LogP contribution is 2.17. The first-order valence-corrected chi connectivity index (χ1v) is 2.93. The van der Waals surface area contributed by atoms with Gasteiger partial charge in [0.25, 0.3) is 0 Å². The van der Waals surface area contributed by atoms with Gasteiger partial charge in [0.15, 0.2) is 5.95 Å². The molecule has 1 aliphatic rings. The van der Waals surface area contributed by atoms with Crippen molar-refractivity contribution in [2.75, 3.05) is 0 Å². The Morgan fingerprint density at radius 3 is 2.55 bits per heavy atom. The van der Waals surface area contributed by atoms with Gasteiger partial charge < -0.3 is 15.4 Å². The summed E-state index contributed by atoms with van der Waals surface area (Å²) in [6.45, 7) is 0. The molecule has 0 saturated carbocycles. The van der Waals surface area contributed by atoms with Gasteiger partial charge in [-0.15, -0.1) is 0 Å². The maximum Gasteiger partial charge on any atom is 0.518 e. The Labute approximate surface area is 62.2 Å². The van der Waals surface area contributed by atoms with E-state index in [0.717, 1.165) is 18.2 Å². The molecule has 1 rings (SSSR count). The Bertz CT molecular complexity index is 219. The van der Waals surface area contributed by atoms with Crippen molar-refractivity contribution in [3.8, 4) is 0 Å². The van der Waals surface area contributed by atoms with Crippen LogP contribution in [0.25, 0.3) is 0 Å². The number of hydrogen-bond donors (Lipinski definition) is 3. The number of nitrogens with one attached hydrogen (secondary N) is 1. The van der Waals surface area contributed by atoms with Crippen LogP contribution < -0.4 is 5.32 Å². The number of halogens is 2. The summed E-state index contributed by atoms with van der Waals surface area (Å²) in [5.74, 6) is -0.942. The molecule has 3 N–H and O–H groups in total. The third kappa shape index (κ3) is 1.58. The van der Waals surface area contributed by atoms with E-state index in [-0.39, 0.29) is 0 Å². The average Bonchev–Trinajstić information content (AvgIpc) is 1.86. The molecule has 60 valence electrons. The molecule has 6 heteroatoms. The van der Waals surface area contributed by atoms with Gasteiger partial charge in [-0.2, -0.15) is 4.39 Å². The second-order valence-corrected chi connectivity index (χ2v) is 2.14. The maximum absolute atomic E-state index is 13.0. The first-order valence-electron chi connectivity index (χ1n) is 2.93. The third-order valence-corrected chi connectivity index (χ3v) is 1.27. The number of rotatable bonds is 1. The van der Waals surface area contributed by atoms with Crippen molar-refractivity contribution >= 4 is 7.12 Å². The van der Waals surface area contributed by atoms with Crippen LogP contribution in [-0.4, -0.2) is 22.9 Å². The monoisotopic (exact) mass is 161 g/mol. The maximum atomic E-state index is 13.0. The van der Waals surface area contributed by atoms with Crippen LogP contribution in [0.1, 0.15) is 0 Å². The lowest BCUT2D eigenvalue weighted by Crippen LogP contribution is -2.52. The van der Waals surface area contributed by atoms with Crippen LogP contribution in [0, 0.1) is 0 Å². The normalized spacial score (nSPS) is 29.3. The van der Waals surface area contributed by atoms with Crippen LogP contribution in [0.5, 0.6) is 0 Å². The molecule has 0 aromatic carbocycles. The summed E-state index contributed by atoms with van der Waals surface area (Å²) in [7, 11) is -2.28. The smallest absolute Gasteiger partial charge is 0.424 e. The van der Waals surface area contributed by atoms with E-state index in [2.05, 4.69) is 0 Å². The van der Waals surface area contributed by atoms with Gasteiger partial charge in [-0.05, 0) is 12.2 Å². The van der Waals surface area contributed by atoms with Gasteiger partial charge in [0.1, 0.15) is 0 Å². The lowest BCUT2D eigenvalue weighted by Gasteiger charge is -2.23. The zero-order valence-corrected chi connectivity index (χ0v) is 5.46. The highest BCUT2D eigenvalue weighted by molar-refractivity contribution is 6.45. The molecular weight excluding hydrogens is 155 g/mol. The topological polar surface area (TPSA) is 52.5 Å². The third-order valence-electron chi connectivity index (χ3n) is 1.27. The summed E-state index contributed by atoms with van der Waals surface area (Å²) in [6, 6.07) is 0. The molecule has 1 heterocycles. The summed E-state index contributed by atoms with van der Waals surface area (Å²) in [5.41, 5.74) is -2.61. The predicted molar refractivity (Wildman–Crippen MR) is 35.5 cm³/mol. The Balaban J connectivity index is 2.78. The molecule has 0 spiro atoms. The van der Waals surface area contributed by atoms with E-state index < -0.39 is 18.8 Å². The fraction of sp³-hybridized carbons (Fsp3) is 0.200. The molecule has 1 aliphatic heterocycles. The second-order valence-electron chi connectivity index (χ2n) is 2.14. The molecule has 11 heavy (non-hydrogen) atoms. The molecule has 0 aromatic rings. The highest BCUT2D eigenvalue weighted by Gasteiger charge is 2.42. The SMILES string of the molecule is OB(O)C1(F)C=CC=C(F)N1. The largest absolute Gasteiger partial charge is 0.518 e. The second kappa shape index (κ2) is 2.63. The number of hydrogen-bond acceptors (Lipinski definition) is 3. The lowest BCUT2D eigenvalue weighted by atomic mass is 9.75. The summed E-state index contributed by atoms with van der Waals surface area (Å²) in [6.07, 6.45) is 2.85. The minimum atomic E-state index is -2.61. The Morgan fingerprint density at radius 2 is 2.18 bits per heavy atom. The van der Waals surface area contributed by atoms with Gasteiger partial charge in [-0.1, -0.05) is 6.08 Å². The summed E-state index contributed by atoms with van der Waals surface area (Å²) in [5, 5.41) is 18.5. The molecule has 0 aliphatic carbocycles. The lowest BCUT2D eigenvalue weighted by molar-refractivity contribution is 0.201. The first-order chi connectivity index (χ1) is 5.04. The van der Waals surface area contributed by atoms with Crippen molar-refractivity contribution in [3.05, 3.63) is 24.2 Å². The molecule has 0 aromatic heterocycles. The van der Waals surface area contributed by atoms with Gasteiger partial charge in [0.05, 0.1) is 0 Å². The summed E-state index contributed by atoms with van der Waals surface area (Å²) in [4.78, 5) is 0. The van der Waals surface area contributed by atoms with Crippen molar-refractivity contribution in [2.24, 2.45) is 0 Å². The fourth-order valence-corrected chi connectivity index (χ4v) is 0.690. The minimum absolute atomic E-state index is 0.820. The molecule has 1 unspecified atom stereocenters. The van der Waals surface area contributed by atoms with Crippen LogP contribution in [-0.2, 0) is 0 Å². The zero-order valence-electron chi connectivity index (χ0n) is 5.46. The van der Waals surface area contributed by atoms with E-state index in [9.17, 15) is 8.78 Å². The van der Waals surface area contributed by atoms with E-state index >= 15 is 0 Å². The van der Waals surface area contributed by atoms with Gasteiger partial charge in [-0.25, -0.2) is 4.39 Å². The standard InChI is InChI=1S/C5H6BF2NO2/c7-4-2-1-3-5(8,9-4)6(10)11/h1-3,9-11H. The molecule has 0 amide bonds. The molecule has 3 nitrogen and oxygen atoms in total. The predicted octanol–water partition coefficient (Wildman–Crippen LogP) is -0.366. The highest BCUT2D eigenvalue weighted by atomic mass is 19.2. The van der Waals surface area contributed by atoms with Crippen LogP contribution in [0.3, 0.4) is 0 Å². The van der Waals surface area contributed by atoms with Crippen molar-refractivity contribution in [3.63, 3.8) is 0 Å². The molecule has 0 radical (unpaired) electrons. The number of dihydropyridines is 1. The van der Waals surface area contributed by atoms with Crippen molar-refractivity contribution in [1.29, 1.82) is 0 Å². The molecule has 0 saturated heterocycles. The molecule has 0 bridgehead atoms. The van der Waals surface area contributed by atoms with E-state index in [1.54, 1.807) is 5.32 Å². The van der Waals surface area contributed by atoms with Crippen LogP contribution >= 0.6 is 0 Å². The van der Waals surface area contributed by atoms with Crippen LogP contribution in [0.4, 0.5) is 8.78 Å². The Hall–Kier alpha value is -0.875. The number of alkyl halides is 1. The van der Waals surface area contributed by atoms with E-state index in [1.807, 2.05) is 0 Å². The Kier molecular flexibility index (Phi) is 1.97. The molecular formula is C5H6BF2NO2. The summed E-state index contributed by atoms with van der Waals surface area (Å²) >= 11 is 0. The van der Waals surface area contributed by atoms with Gasteiger partial charge in [0.2, 0.25) is 5.69 Å². The zero-order chi connectivity index (χ0) is 8.48. The minimum Gasteiger partial charge on any atom is -0.424 e. The van der Waals surface area contributed by atoms with Gasteiger partial charge in [0, 0.05) is 0 Å². The summed E-state index contributed by atoms with van der Waals surface area (Å²) < 4.78 is 25.2. The average molecular weight is 161 g/mol. The van der Waals surface area contributed by atoms with Crippen molar-refractivity contribution < 1.29 is 18.8 Å². The first kappa shape index (κ1) is 8.22. The van der Waals surface area contributed by atoms with Crippen LogP contribution in [0.15, 0.2) is 24.2 Å². The van der Waals surface area contributed by atoms with E-state index in [4.69, 9.17) is 10.0 Å². The van der Waals surface area contributed by atoms with Gasteiger partial charge >= 0.3 is 7.12 Å². The van der Waals surface area contributed by atoms with Crippen molar-refractivity contribution in [1.82, 2.24) is 5.32 Å². The molecule has 1 atom stereocenters. The van der Waals surface area contributed by atoms with E-state index in [0.29, 0.717) is 0 Å². The molecule has 0 fully saturated rings. The van der Waals surface area contributed by atoms with E-state index in [1.165, 1.54) is 0 Å². The van der Waals surface area contributed by atoms with Crippen molar-refractivity contribution in [2.45, 2.75) is 5.69 Å². The Morgan fingerprint density at radius 1 is 1.55 bits per heavy atom.